The molecule has 0 saturated heterocycles. The van der Waals surface area contributed by atoms with E-state index in [4.69, 9.17) is 4.42 Å². The zero-order valence-corrected chi connectivity index (χ0v) is 15.1. The zero-order valence-electron chi connectivity index (χ0n) is 13.4. The van der Waals surface area contributed by atoms with E-state index in [0.29, 0.717) is 17.4 Å². The standard InChI is InChI=1S/C18H13FN4OS2/c19-13-8-6-12(7-9-13)15-10-20-16(24-15)11-25-18-23-22-17(26-18)21-14-4-2-1-3-5-14/h1-10H,11H2,(H,21,22). The fourth-order valence-electron chi connectivity index (χ4n) is 2.21. The Morgan fingerprint density at radius 2 is 1.85 bits per heavy atom. The highest BCUT2D eigenvalue weighted by molar-refractivity contribution is 8.00. The summed E-state index contributed by atoms with van der Waals surface area (Å²) in [5.41, 5.74) is 1.76. The topological polar surface area (TPSA) is 63.8 Å². The van der Waals surface area contributed by atoms with Gasteiger partial charge < -0.3 is 9.73 Å². The van der Waals surface area contributed by atoms with Gasteiger partial charge in [-0.05, 0) is 36.4 Å². The molecule has 130 valence electrons. The summed E-state index contributed by atoms with van der Waals surface area (Å²) in [5, 5.41) is 12.2. The van der Waals surface area contributed by atoms with Gasteiger partial charge in [0.25, 0.3) is 0 Å². The number of aromatic nitrogens is 3. The largest absolute Gasteiger partial charge is 0.440 e. The molecular weight excluding hydrogens is 371 g/mol. The molecule has 0 atom stereocenters. The van der Waals surface area contributed by atoms with E-state index in [1.807, 2.05) is 30.3 Å². The van der Waals surface area contributed by atoms with Crippen molar-refractivity contribution >= 4 is 33.9 Å². The first kappa shape index (κ1) is 16.7. The predicted octanol–water partition coefficient (Wildman–Crippen LogP) is 5.37. The van der Waals surface area contributed by atoms with Crippen molar-refractivity contribution in [3.8, 4) is 11.3 Å². The van der Waals surface area contributed by atoms with Gasteiger partial charge in [0.05, 0.1) is 11.9 Å². The number of benzene rings is 2. The first-order chi connectivity index (χ1) is 12.8. The Kier molecular flexibility index (Phi) is 4.94. The van der Waals surface area contributed by atoms with E-state index in [9.17, 15) is 4.39 Å². The molecular formula is C18H13FN4OS2. The van der Waals surface area contributed by atoms with Gasteiger partial charge in [0, 0.05) is 11.3 Å². The minimum absolute atomic E-state index is 0.278. The van der Waals surface area contributed by atoms with Crippen LogP contribution < -0.4 is 5.32 Å². The molecule has 2 aromatic carbocycles. The summed E-state index contributed by atoms with van der Waals surface area (Å²) < 4.78 is 19.5. The number of para-hydroxylation sites is 1. The van der Waals surface area contributed by atoms with Gasteiger partial charge in [-0.2, -0.15) is 0 Å². The summed E-state index contributed by atoms with van der Waals surface area (Å²) >= 11 is 2.97. The molecule has 0 aliphatic carbocycles. The summed E-state index contributed by atoms with van der Waals surface area (Å²) in [6, 6.07) is 15.9. The molecule has 0 fully saturated rings. The molecule has 4 aromatic rings. The first-order valence-electron chi connectivity index (χ1n) is 7.75. The summed E-state index contributed by atoms with van der Waals surface area (Å²) in [6.07, 6.45) is 1.64. The monoisotopic (exact) mass is 384 g/mol. The number of thioether (sulfide) groups is 1. The molecule has 0 amide bonds. The van der Waals surface area contributed by atoms with Gasteiger partial charge in [-0.25, -0.2) is 9.37 Å². The van der Waals surface area contributed by atoms with Crippen molar-refractivity contribution < 1.29 is 8.81 Å². The second-order valence-electron chi connectivity index (χ2n) is 5.28. The van der Waals surface area contributed by atoms with E-state index in [-0.39, 0.29) is 5.82 Å². The van der Waals surface area contributed by atoms with Crippen molar-refractivity contribution in [2.75, 3.05) is 5.32 Å². The number of hydrogen-bond acceptors (Lipinski definition) is 7. The Bertz CT molecular complexity index is 986. The average Bonchev–Trinajstić information content (AvgIpc) is 3.31. The van der Waals surface area contributed by atoms with Crippen molar-refractivity contribution in [3.05, 3.63) is 72.5 Å². The fraction of sp³-hybridized carbons (Fsp3) is 0.0556. The van der Waals surface area contributed by atoms with E-state index in [2.05, 4.69) is 20.5 Å². The maximum Gasteiger partial charge on any atom is 0.210 e. The van der Waals surface area contributed by atoms with Crippen molar-refractivity contribution in [2.45, 2.75) is 10.1 Å². The molecule has 4 rings (SSSR count). The van der Waals surface area contributed by atoms with Crippen molar-refractivity contribution in [2.24, 2.45) is 0 Å². The van der Waals surface area contributed by atoms with E-state index >= 15 is 0 Å². The smallest absolute Gasteiger partial charge is 0.210 e. The number of oxazole rings is 1. The SMILES string of the molecule is Fc1ccc(-c2cnc(CSc3nnc(Nc4ccccc4)s3)o2)cc1. The molecule has 0 spiro atoms. The van der Waals surface area contributed by atoms with Crippen LogP contribution in [0.5, 0.6) is 0 Å². The molecule has 0 aliphatic heterocycles. The van der Waals surface area contributed by atoms with Crippen LogP contribution in [-0.4, -0.2) is 15.2 Å². The van der Waals surface area contributed by atoms with Crippen LogP contribution in [0.3, 0.4) is 0 Å². The van der Waals surface area contributed by atoms with Crippen molar-refractivity contribution in [1.29, 1.82) is 0 Å². The third-order valence-electron chi connectivity index (χ3n) is 3.43. The molecule has 0 unspecified atom stereocenters. The second-order valence-corrected chi connectivity index (χ2v) is 7.48. The molecule has 26 heavy (non-hydrogen) atoms. The van der Waals surface area contributed by atoms with Gasteiger partial charge >= 0.3 is 0 Å². The predicted molar refractivity (Wildman–Crippen MR) is 101 cm³/mol. The lowest BCUT2D eigenvalue weighted by Gasteiger charge is -1.99. The molecule has 2 heterocycles. The fourth-order valence-corrected chi connectivity index (χ4v) is 3.84. The van der Waals surface area contributed by atoms with Gasteiger partial charge in [0.2, 0.25) is 11.0 Å². The molecule has 0 bridgehead atoms. The number of hydrogen-bond donors (Lipinski definition) is 1. The minimum Gasteiger partial charge on any atom is -0.440 e. The summed E-state index contributed by atoms with van der Waals surface area (Å²) in [4.78, 5) is 4.26. The van der Waals surface area contributed by atoms with Crippen molar-refractivity contribution in [1.82, 2.24) is 15.2 Å². The molecule has 2 aromatic heterocycles. The number of rotatable bonds is 6. The van der Waals surface area contributed by atoms with Crippen LogP contribution in [0.4, 0.5) is 15.2 Å². The minimum atomic E-state index is -0.278. The van der Waals surface area contributed by atoms with E-state index in [1.165, 1.54) is 35.2 Å². The first-order valence-corrected chi connectivity index (χ1v) is 9.55. The van der Waals surface area contributed by atoms with Crippen LogP contribution in [0.2, 0.25) is 0 Å². The Morgan fingerprint density at radius 3 is 2.65 bits per heavy atom. The molecule has 0 radical (unpaired) electrons. The maximum atomic E-state index is 13.0. The normalized spacial score (nSPS) is 10.8. The Balaban J connectivity index is 1.37. The molecule has 8 heteroatoms. The van der Waals surface area contributed by atoms with Crippen LogP contribution in [0.1, 0.15) is 5.89 Å². The molecule has 0 saturated carbocycles. The van der Waals surface area contributed by atoms with Gasteiger partial charge in [-0.3, -0.25) is 0 Å². The lowest BCUT2D eigenvalue weighted by molar-refractivity contribution is 0.530. The third kappa shape index (κ3) is 4.09. The third-order valence-corrected chi connectivity index (χ3v) is 5.39. The van der Waals surface area contributed by atoms with E-state index in [0.717, 1.165) is 20.7 Å². The van der Waals surface area contributed by atoms with Crippen LogP contribution in [-0.2, 0) is 5.75 Å². The number of halogens is 1. The van der Waals surface area contributed by atoms with Crippen molar-refractivity contribution in [3.63, 3.8) is 0 Å². The van der Waals surface area contributed by atoms with E-state index in [1.54, 1.807) is 18.3 Å². The van der Waals surface area contributed by atoms with Gasteiger partial charge in [0.15, 0.2) is 10.1 Å². The highest BCUT2D eigenvalue weighted by Gasteiger charge is 2.10. The van der Waals surface area contributed by atoms with Crippen LogP contribution >= 0.6 is 23.1 Å². The molecule has 5 nitrogen and oxygen atoms in total. The lowest BCUT2D eigenvalue weighted by atomic mass is 10.2. The molecule has 0 aliphatic rings. The van der Waals surface area contributed by atoms with Gasteiger partial charge in [0.1, 0.15) is 5.82 Å². The Morgan fingerprint density at radius 1 is 1.04 bits per heavy atom. The summed E-state index contributed by atoms with van der Waals surface area (Å²) in [5.74, 6) is 1.47. The number of nitrogens with one attached hydrogen (secondary N) is 1. The maximum absolute atomic E-state index is 13.0. The lowest BCUT2D eigenvalue weighted by Crippen LogP contribution is -1.87. The highest BCUT2D eigenvalue weighted by Crippen LogP contribution is 2.30. The quantitative estimate of drug-likeness (QED) is 0.451. The Hall–Kier alpha value is -2.71. The average molecular weight is 384 g/mol. The van der Waals surface area contributed by atoms with E-state index < -0.39 is 0 Å². The molecule has 1 N–H and O–H groups in total. The van der Waals surface area contributed by atoms with Gasteiger partial charge in [-0.1, -0.05) is 41.3 Å². The van der Waals surface area contributed by atoms with Crippen LogP contribution in [0.15, 0.2) is 69.6 Å². The number of nitrogens with zero attached hydrogens (tertiary/aromatic N) is 3. The number of anilines is 2. The summed E-state index contributed by atoms with van der Waals surface area (Å²) in [7, 11) is 0. The zero-order chi connectivity index (χ0) is 17.8. The summed E-state index contributed by atoms with van der Waals surface area (Å²) in [6.45, 7) is 0. The highest BCUT2D eigenvalue weighted by atomic mass is 32.2. The van der Waals surface area contributed by atoms with Gasteiger partial charge in [-0.15, -0.1) is 10.2 Å². The van der Waals surface area contributed by atoms with Crippen LogP contribution in [0.25, 0.3) is 11.3 Å². The van der Waals surface area contributed by atoms with Crippen LogP contribution in [0, 0.1) is 5.82 Å². The second kappa shape index (κ2) is 7.67. The Labute approximate surface area is 157 Å².